The van der Waals surface area contributed by atoms with Crippen LogP contribution in [0.4, 0.5) is 15.8 Å². The van der Waals surface area contributed by atoms with Crippen molar-refractivity contribution < 1.29 is 14.0 Å². The van der Waals surface area contributed by atoms with Gasteiger partial charge >= 0.3 is 0 Å². The Morgan fingerprint density at radius 3 is 2.73 bits per heavy atom. The molecule has 1 atom stereocenters. The minimum atomic E-state index is -0.433. The molecule has 1 fully saturated rings. The van der Waals surface area contributed by atoms with Crippen LogP contribution in [0.15, 0.2) is 36.7 Å². The van der Waals surface area contributed by atoms with E-state index < -0.39 is 5.92 Å². The number of anilines is 2. The lowest BCUT2D eigenvalue weighted by atomic mass is 10.1. The third-order valence-electron chi connectivity index (χ3n) is 3.61. The molecule has 1 aliphatic heterocycles. The molecule has 114 valence electrons. The molecule has 0 aliphatic carbocycles. The van der Waals surface area contributed by atoms with Crippen molar-refractivity contribution in [2.24, 2.45) is 13.0 Å². The lowest BCUT2D eigenvalue weighted by Gasteiger charge is -2.14. The number of aromatic nitrogens is 2. The second-order valence-corrected chi connectivity index (χ2v) is 5.27. The van der Waals surface area contributed by atoms with E-state index in [0.29, 0.717) is 17.9 Å². The molecule has 2 amide bonds. The lowest BCUT2D eigenvalue weighted by molar-refractivity contribution is -0.122. The Morgan fingerprint density at radius 1 is 1.36 bits per heavy atom. The first kappa shape index (κ1) is 14.2. The molecule has 7 heteroatoms. The van der Waals surface area contributed by atoms with Gasteiger partial charge in [0.25, 0.3) is 0 Å². The number of carbonyl (C=O) groups is 2. The molecule has 2 aromatic rings. The summed E-state index contributed by atoms with van der Waals surface area (Å²) in [6, 6.07) is 5.53. The van der Waals surface area contributed by atoms with Gasteiger partial charge in [-0.1, -0.05) is 0 Å². The summed E-state index contributed by atoms with van der Waals surface area (Å²) in [5.41, 5.74) is 1.20. The molecule has 0 bridgehead atoms. The van der Waals surface area contributed by atoms with Crippen LogP contribution in [-0.2, 0) is 16.6 Å². The zero-order valence-corrected chi connectivity index (χ0v) is 12.0. The maximum Gasteiger partial charge on any atom is 0.229 e. The zero-order chi connectivity index (χ0) is 15.7. The molecule has 0 radical (unpaired) electrons. The van der Waals surface area contributed by atoms with Gasteiger partial charge in [-0.2, -0.15) is 5.10 Å². The topological polar surface area (TPSA) is 67.2 Å². The highest BCUT2D eigenvalue weighted by Gasteiger charge is 2.35. The molecule has 22 heavy (non-hydrogen) atoms. The van der Waals surface area contributed by atoms with Crippen LogP contribution in [-0.4, -0.2) is 28.1 Å². The van der Waals surface area contributed by atoms with Crippen LogP contribution >= 0.6 is 0 Å². The second kappa shape index (κ2) is 5.59. The molecule has 1 N–H and O–H groups in total. The maximum atomic E-state index is 12.8. The van der Waals surface area contributed by atoms with Crippen molar-refractivity contribution in [1.29, 1.82) is 0 Å². The predicted octanol–water partition coefficient (Wildman–Crippen LogP) is 1.55. The summed E-state index contributed by atoms with van der Waals surface area (Å²) in [7, 11) is 1.77. The predicted molar refractivity (Wildman–Crippen MR) is 78.7 cm³/mol. The largest absolute Gasteiger partial charge is 0.326 e. The Hall–Kier alpha value is -2.70. The SMILES string of the molecule is Cn1cc(N2C[C@@H](C(=O)Nc3ccc(F)cc3)CC2=O)cn1. The van der Waals surface area contributed by atoms with E-state index >= 15 is 0 Å². The minimum Gasteiger partial charge on any atom is -0.326 e. The van der Waals surface area contributed by atoms with Crippen LogP contribution in [0.3, 0.4) is 0 Å². The van der Waals surface area contributed by atoms with E-state index in [2.05, 4.69) is 10.4 Å². The monoisotopic (exact) mass is 302 g/mol. The number of halogens is 1. The zero-order valence-electron chi connectivity index (χ0n) is 12.0. The van der Waals surface area contributed by atoms with Crippen molar-refractivity contribution in [2.75, 3.05) is 16.8 Å². The average molecular weight is 302 g/mol. The highest BCUT2D eigenvalue weighted by Crippen LogP contribution is 2.25. The highest BCUT2D eigenvalue weighted by atomic mass is 19.1. The molecule has 1 aliphatic rings. The Labute approximate surface area is 126 Å². The highest BCUT2D eigenvalue weighted by molar-refractivity contribution is 6.03. The first-order chi connectivity index (χ1) is 10.5. The molecule has 1 saturated heterocycles. The molecule has 2 heterocycles. The number of amides is 2. The molecule has 0 spiro atoms. The number of aryl methyl sites for hydroxylation is 1. The third-order valence-corrected chi connectivity index (χ3v) is 3.61. The second-order valence-electron chi connectivity index (χ2n) is 5.27. The number of hydrogen-bond acceptors (Lipinski definition) is 3. The number of nitrogens with one attached hydrogen (secondary N) is 1. The van der Waals surface area contributed by atoms with Crippen molar-refractivity contribution in [3.63, 3.8) is 0 Å². The van der Waals surface area contributed by atoms with E-state index in [1.54, 1.807) is 29.0 Å². The van der Waals surface area contributed by atoms with E-state index in [-0.39, 0.29) is 24.1 Å². The van der Waals surface area contributed by atoms with E-state index in [0.717, 1.165) is 0 Å². The smallest absolute Gasteiger partial charge is 0.229 e. The number of hydrogen-bond donors (Lipinski definition) is 1. The van der Waals surface area contributed by atoms with Gasteiger partial charge in [-0.3, -0.25) is 14.3 Å². The summed E-state index contributed by atoms with van der Waals surface area (Å²) >= 11 is 0. The standard InChI is InChI=1S/C15H15FN4O2/c1-19-9-13(7-17-19)20-8-10(6-14(20)21)15(22)18-12-4-2-11(16)3-5-12/h2-5,7,9-10H,6,8H2,1H3,(H,18,22)/t10-/m0/s1. The van der Waals surface area contributed by atoms with Crippen LogP contribution < -0.4 is 10.2 Å². The summed E-state index contributed by atoms with van der Waals surface area (Å²) < 4.78 is 14.5. The van der Waals surface area contributed by atoms with Crippen molar-refractivity contribution in [2.45, 2.75) is 6.42 Å². The first-order valence-corrected chi connectivity index (χ1v) is 6.88. The molecular formula is C15H15FN4O2. The maximum absolute atomic E-state index is 12.8. The van der Waals surface area contributed by atoms with Crippen molar-refractivity contribution in [3.8, 4) is 0 Å². The number of nitrogens with zero attached hydrogens (tertiary/aromatic N) is 3. The molecular weight excluding hydrogens is 287 g/mol. The van der Waals surface area contributed by atoms with E-state index in [1.165, 1.54) is 24.3 Å². The third kappa shape index (κ3) is 2.83. The lowest BCUT2D eigenvalue weighted by Crippen LogP contribution is -2.27. The van der Waals surface area contributed by atoms with Crippen LogP contribution in [0.2, 0.25) is 0 Å². The summed E-state index contributed by atoms with van der Waals surface area (Å²) in [4.78, 5) is 25.8. The van der Waals surface area contributed by atoms with Gasteiger partial charge in [-0.25, -0.2) is 4.39 Å². The van der Waals surface area contributed by atoms with Gasteiger partial charge in [0.1, 0.15) is 5.82 Å². The number of carbonyl (C=O) groups excluding carboxylic acids is 2. The Bertz CT molecular complexity index is 711. The van der Waals surface area contributed by atoms with Crippen molar-refractivity contribution in [3.05, 3.63) is 42.5 Å². The Morgan fingerprint density at radius 2 is 2.09 bits per heavy atom. The summed E-state index contributed by atoms with van der Waals surface area (Å²) in [6.45, 7) is 0.317. The quantitative estimate of drug-likeness (QED) is 0.935. The molecule has 0 saturated carbocycles. The van der Waals surface area contributed by atoms with E-state index in [9.17, 15) is 14.0 Å². The summed E-state index contributed by atoms with van der Waals surface area (Å²) in [5, 5.41) is 6.73. The Balaban J connectivity index is 1.67. The molecule has 3 rings (SSSR count). The van der Waals surface area contributed by atoms with Gasteiger partial charge in [0.15, 0.2) is 0 Å². The van der Waals surface area contributed by atoms with Crippen LogP contribution in [0.5, 0.6) is 0 Å². The fourth-order valence-electron chi connectivity index (χ4n) is 2.46. The summed E-state index contributed by atoms with van der Waals surface area (Å²) in [5.74, 6) is -1.15. The van der Waals surface area contributed by atoms with Crippen LogP contribution in [0, 0.1) is 11.7 Å². The van der Waals surface area contributed by atoms with E-state index in [4.69, 9.17) is 0 Å². The fourth-order valence-corrected chi connectivity index (χ4v) is 2.46. The summed E-state index contributed by atoms with van der Waals surface area (Å²) in [6.07, 6.45) is 3.48. The molecule has 0 unspecified atom stereocenters. The molecule has 1 aromatic heterocycles. The minimum absolute atomic E-state index is 0.104. The first-order valence-electron chi connectivity index (χ1n) is 6.88. The van der Waals surface area contributed by atoms with Gasteiger partial charge in [-0.15, -0.1) is 0 Å². The van der Waals surface area contributed by atoms with Crippen molar-refractivity contribution >= 4 is 23.2 Å². The Kier molecular flexibility index (Phi) is 3.62. The van der Waals surface area contributed by atoms with Gasteiger partial charge in [0.2, 0.25) is 11.8 Å². The molecule has 6 nitrogen and oxygen atoms in total. The van der Waals surface area contributed by atoms with Crippen molar-refractivity contribution in [1.82, 2.24) is 9.78 Å². The van der Waals surface area contributed by atoms with Gasteiger partial charge < -0.3 is 10.2 Å². The number of rotatable bonds is 3. The van der Waals surface area contributed by atoms with Gasteiger partial charge in [-0.05, 0) is 24.3 Å². The van der Waals surface area contributed by atoms with Gasteiger partial charge in [0.05, 0.1) is 17.8 Å². The fraction of sp³-hybridized carbons (Fsp3) is 0.267. The van der Waals surface area contributed by atoms with E-state index in [1.807, 2.05) is 0 Å². The normalized spacial score (nSPS) is 17.8. The van der Waals surface area contributed by atoms with Gasteiger partial charge in [0, 0.05) is 31.9 Å². The average Bonchev–Trinajstić information content (AvgIpc) is 3.07. The van der Waals surface area contributed by atoms with Crippen LogP contribution in [0.25, 0.3) is 0 Å². The number of benzene rings is 1. The molecule has 1 aromatic carbocycles. The van der Waals surface area contributed by atoms with Crippen LogP contribution in [0.1, 0.15) is 6.42 Å².